The number of carbonyl (C=O) groups excluding carboxylic acids is 1. The minimum absolute atomic E-state index is 0.259. The summed E-state index contributed by atoms with van der Waals surface area (Å²) in [6.45, 7) is -0.319. The van der Waals surface area contributed by atoms with E-state index < -0.39 is 29.2 Å². The zero-order valence-electron chi connectivity index (χ0n) is 9.36. The van der Waals surface area contributed by atoms with Gasteiger partial charge in [0, 0.05) is 5.56 Å². The Labute approximate surface area is 109 Å². The van der Waals surface area contributed by atoms with Crippen molar-refractivity contribution in [1.29, 1.82) is 0 Å². The number of aliphatic hydroxyl groups is 3. The summed E-state index contributed by atoms with van der Waals surface area (Å²) in [4.78, 5) is 12.2. The number of ether oxygens (including phenoxy) is 1. The lowest BCUT2D eigenvalue weighted by Crippen LogP contribution is -2.61. The predicted molar refractivity (Wildman–Crippen MR) is 63.3 cm³/mol. The molecule has 0 bridgehead atoms. The van der Waals surface area contributed by atoms with E-state index in [-0.39, 0.29) is 12.2 Å². The van der Waals surface area contributed by atoms with E-state index in [0.717, 1.165) is 0 Å². The lowest BCUT2D eigenvalue weighted by Gasteiger charge is -2.40. The number of alkyl halides is 1. The number of aliphatic hydroxyl groups excluding tert-OH is 3. The molecule has 1 aliphatic heterocycles. The number of hydrogen-bond acceptors (Lipinski definition) is 5. The topological polar surface area (TPSA) is 87.0 Å². The quantitative estimate of drug-likeness (QED) is 0.518. The second-order valence-electron chi connectivity index (χ2n) is 4.15. The Kier molecular flexibility index (Phi) is 3.70. The fourth-order valence-corrected chi connectivity index (χ4v) is 2.11. The van der Waals surface area contributed by atoms with Gasteiger partial charge in [0.05, 0.1) is 6.61 Å². The molecule has 0 spiro atoms. The van der Waals surface area contributed by atoms with E-state index in [2.05, 4.69) is 0 Å². The van der Waals surface area contributed by atoms with Gasteiger partial charge in [0.25, 0.3) is 0 Å². The second kappa shape index (κ2) is 4.95. The fourth-order valence-electron chi connectivity index (χ4n) is 1.81. The molecular weight excluding hydrogens is 260 g/mol. The Morgan fingerprint density at radius 3 is 2.50 bits per heavy atom. The molecule has 1 aliphatic rings. The van der Waals surface area contributed by atoms with Crippen LogP contribution in [0.5, 0.6) is 0 Å². The van der Waals surface area contributed by atoms with Gasteiger partial charge in [0.2, 0.25) is 10.8 Å². The molecule has 1 saturated heterocycles. The van der Waals surface area contributed by atoms with Gasteiger partial charge < -0.3 is 20.1 Å². The van der Waals surface area contributed by atoms with Crippen molar-refractivity contribution < 1.29 is 24.9 Å². The first-order valence-corrected chi connectivity index (χ1v) is 5.81. The molecule has 2 rings (SSSR count). The highest BCUT2D eigenvalue weighted by Gasteiger charge is 2.53. The molecule has 1 fully saturated rings. The molecule has 5 nitrogen and oxygen atoms in total. The van der Waals surface area contributed by atoms with Gasteiger partial charge in [-0.2, -0.15) is 0 Å². The van der Waals surface area contributed by atoms with Crippen LogP contribution in [-0.4, -0.2) is 51.1 Å². The van der Waals surface area contributed by atoms with Crippen LogP contribution in [0.25, 0.3) is 0 Å². The van der Waals surface area contributed by atoms with Crippen molar-refractivity contribution in [2.45, 2.75) is 23.4 Å². The largest absolute Gasteiger partial charge is 0.388 e. The van der Waals surface area contributed by atoms with Crippen LogP contribution < -0.4 is 0 Å². The lowest BCUT2D eigenvalue weighted by atomic mass is 9.93. The molecule has 0 unspecified atom stereocenters. The Morgan fingerprint density at radius 2 is 1.89 bits per heavy atom. The first kappa shape index (κ1) is 13.5. The van der Waals surface area contributed by atoms with E-state index >= 15 is 0 Å². The van der Waals surface area contributed by atoms with Gasteiger partial charge in [-0.25, -0.2) is 0 Å². The minimum atomic E-state index is -2.07. The molecule has 0 amide bonds. The van der Waals surface area contributed by atoms with Gasteiger partial charge in [0.15, 0.2) is 0 Å². The molecular formula is C12H13ClO5. The third-order valence-corrected chi connectivity index (χ3v) is 3.41. The molecule has 4 atom stereocenters. The Morgan fingerprint density at radius 1 is 1.28 bits per heavy atom. The van der Waals surface area contributed by atoms with Crippen molar-refractivity contribution in [1.82, 2.24) is 0 Å². The highest BCUT2D eigenvalue weighted by molar-refractivity contribution is 6.37. The van der Waals surface area contributed by atoms with Crippen molar-refractivity contribution >= 4 is 17.4 Å². The maximum absolute atomic E-state index is 12.2. The van der Waals surface area contributed by atoms with Gasteiger partial charge in [-0.15, -0.1) is 0 Å². The summed E-state index contributed by atoms with van der Waals surface area (Å²) in [5.74, 6) is -0.650. The fraction of sp³-hybridized carbons (Fsp3) is 0.417. The van der Waals surface area contributed by atoms with Gasteiger partial charge in [-0.05, 0) is 0 Å². The molecule has 6 heteroatoms. The number of ketones is 1. The summed E-state index contributed by atoms with van der Waals surface area (Å²) in [6, 6.07) is 8.08. The van der Waals surface area contributed by atoms with Crippen molar-refractivity contribution in [3.05, 3.63) is 35.9 Å². The van der Waals surface area contributed by atoms with Crippen LogP contribution in [0.2, 0.25) is 0 Å². The van der Waals surface area contributed by atoms with Crippen LogP contribution in [-0.2, 0) is 4.74 Å². The molecule has 1 heterocycles. The monoisotopic (exact) mass is 272 g/mol. The molecule has 0 radical (unpaired) electrons. The van der Waals surface area contributed by atoms with Crippen molar-refractivity contribution in [3.8, 4) is 0 Å². The highest BCUT2D eigenvalue weighted by Crippen LogP contribution is 2.33. The third-order valence-electron chi connectivity index (χ3n) is 2.91. The second-order valence-corrected chi connectivity index (χ2v) is 4.72. The van der Waals surface area contributed by atoms with E-state index in [1.165, 1.54) is 12.1 Å². The van der Waals surface area contributed by atoms with Crippen LogP contribution >= 0.6 is 11.6 Å². The molecule has 0 aromatic heterocycles. The first-order chi connectivity index (χ1) is 8.47. The first-order valence-electron chi connectivity index (χ1n) is 5.43. The zero-order valence-corrected chi connectivity index (χ0v) is 10.1. The van der Waals surface area contributed by atoms with Crippen LogP contribution in [0.4, 0.5) is 0 Å². The number of halogens is 1. The summed E-state index contributed by atoms with van der Waals surface area (Å²) in [6.07, 6.45) is -4.49. The number of benzene rings is 1. The molecule has 0 saturated carbocycles. The Bertz CT molecular complexity index is 437. The molecule has 98 valence electrons. The van der Waals surface area contributed by atoms with E-state index in [9.17, 15) is 20.1 Å². The molecule has 3 N–H and O–H groups in total. The summed E-state index contributed by atoms with van der Waals surface area (Å²) in [7, 11) is 0. The average molecular weight is 273 g/mol. The van der Waals surface area contributed by atoms with Crippen LogP contribution in [0.3, 0.4) is 0 Å². The normalized spacial score (nSPS) is 36.3. The number of Topliss-reactive ketones (excluding diaryl/α,β-unsaturated/α-hetero) is 1. The molecule has 18 heavy (non-hydrogen) atoms. The zero-order chi connectivity index (χ0) is 13.3. The lowest BCUT2D eigenvalue weighted by molar-refractivity contribution is -0.187. The third kappa shape index (κ3) is 2.15. The van der Waals surface area contributed by atoms with Gasteiger partial charge in [-0.1, -0.05) is 41.9 Å². The van der Waals surface area contributed by atoms with Gasteiger partial charge in [-0.3, -0.25) is 4.79 Å². The van der Waals surface area contributed by atoms with Crippen molar-refractivity contribution in [2.24, 2.45) is 0 Å². The van der Waals surface area contributed by atoms with Gasteiger partial charge >= 0.3 is 0 Å². The summed E-state index contributed by atoms with van der Waals surface area (Å²) < 4.78 is 5.03. The van der Waals surface area contributed by atoms with Crippen LogP contribution in [0.15, 0.2) is 30.3 Å². The summed E-state index contributed by atoms with van der Waals surface area (Å²) in [5.41, 5.74) is 0.259. The smallest absolute Gasteiger partial charge is 0.233 e. The van der Waals surface area contributed by atoms with E-state index in [0.29, 0.717) is 0 Å². The summed E-state index contributed by atoms with van der Waals surface area (Å²) >= 11 is 5.98. The Balaban J connectivity index is 2.29. The van der Waals surface area contributed by atoms with E-state index in [1.807, 2.05) is 0 Å². The van der Waals surface area contributed by atoms with E-state index in [1.54, 1.807) is 18.2 Å². The van der Waals surface area contributed by atoms with Crippen LogP contribution in [0, 0.1) is 0 Å². The average Bonchev–Trinajstić information content (AvgIpc) is 2.41. The number of rotatable bonds is 2. The minimum Gasteiger partial charge on any atom is -0.388 e. The van der Waals surface area contributed by atoms with Crippen molar-refractivity contribution in [2.75, 3.05) is 6.61 Å². The molecule has 1 aromatic rings. The standard InChI is InChI=1S/C12H13ClO5/c13-12(10(16)7-4-2-1-3-5-7)11(17)9(15)8(14)6-18-12/h1-5,8-9,11,14-15,17H,6H2/t8-,9-,11-,12+/m1/s1. The molecule has 1 aromatic carbocycles. The van der Waals surface area contributed by atoms with Crippen molar-refractivity contribution in [3.63, 3.8) is 0 Å². The SMILES string of the molecule is O=C(c1ccccc1)[C@]1(Cl)OC[C@@H](O)[C@@H](O)[C@H]1O. The maximum Gasteiger partial charge on any atom is 0.233 e. The number of hydrogen-bond donors (Lipinski definition) is 3. The summed E-state index contributed by atoms with van der Waals surface area (Å²) in [5, 5.41) is 26.6. The predicted octanol–water partition coefficient (Wildman–Crippen LogP) is -0.0827. The van der Waals surface area contributed by atoms with Crippen LogP contribution in [0.1, 0.15) is 10.4 Å². The highest BCUT2D eigenvalue weighted by atomic mass is 35.5. The van der Waals surface area contributed by atoms with E-state index in [4.69, 9.17) is 16.3 Å². The van der Waals surface area contributed by atoms with Gasteiger partial charge in [0.1, 0.15) is 18.3 Å². The number of carbonyl (C=O) groups is 1. The Hall–Kier alpha value is -0.980. The molecule has 0 aliphatic carbocycles. The maximum atomic E-state index is 12.2.